The number of ether oxygens (including phenoxy) is 1. The average Bonchev–Trinajstić information content (AvgIpc) is 2.66. The van der Waals surface area contributed by atoms with Gasteiger partial charge in [0.2, 0.25) is 0 Å². The molecule has 0 aliphatic carbocycles. The Bertz CT molecular complexity index is 868. The Kier molecular flexibility index (Phi) is 13.5. The van der Waals surface area contributed by atoms with Crippen molar-refractivity contribution in [3.05, 3.63) is 48.0 Å². The summed E-state index contributed by atoms with van der Waals surface area (Å²) in [5.74, 6) is -0.523. The summed E-state index contributed by atoms with van der Waals surface area (Å²) in [5.41, 5.74) is 1.09. The first kappa shape index (κ1) is 27.6. The van der Waals surface area contributed by atoms with E-state index in [0.29, 0.717) is 5.75 Å². The van der Waals surface area contributed by atoms with Gasteiger partial charge in [0.05, 0.1) is 0 Å². The van der Waals surface area contributed by atoms with Crippen molar-refractivity contribution in [3.8, 4) is 17.2 Å². The van der Waals surface area contributed by atoms with Crippen LogP contribution in [0.3, 0.4) is 0 Å². The summed E-state index contributed by atoms with van der Waals surface area (Å²) in [5, 5.41) is 11.8. The molecule has 2 aromatic rings. The second-order valence-electron chi connectivity index (χ2n) is 7.39. The molecular weight excluding hydrogens is 427 g/mol. The molecule has 2 rings (SSSR count). The minimum Gasteiger partial charge on any atom is -0.871 e. The molecule has 0 aliphatic heterocycles. The summed E-state index contributed by atoms with van der Waals surface area (Å²) < 4.78 is 37.9. The summed E-state index contributed by atoms with van der Waals surface area (Å²) in [6.07, 6.45) is 12.3. The van der Waals surface area contributed by atoms with E-state index >= 15 is 0 Å². The molecule has 0 amide bonds. The predicted octanol–water partition coefficient (Wildman–Crippen LogP) is 2.88. The van der Waals surface area contributed by atoms with Crippen LogP contribution in [0.25, 0.3) is 0 Å². The molecule has 0 unspecified atom stereocenters. The molecule has 1 N–H and O–H groups in total. The Morgan fingerprint density at radius 1 is 0.900 bits per heavy atom. The van der Waals surface area contributed by atoms with Gasteiger partial charge >= 0.3 is 51.4 Å². The maximum Gasteiger partial charge on any atom is 1.00 e. The Balaban J connectivity index is 0.00000450. The standard InChI is InChI=1S/C23H32O5S.K/c1-2-3-4-5-6-7-8-9-10-13-19-14-11-15-20(18-19)28-22-17-12-16-21(24)23(22)29(25,26)27;/h11-12,14-18,24H,2-10,13H2,1H3,(H,25,26,27);/q;+1/p-1. The minimum absolute atomic E-state index is 0. The zero-order valence-electron chi connectivity index (χ0n) is 18.1. The van der Waals surface area contributed by atoms with Gasteiger partial charge in [0.1, 0.15) is 16.4 Å². The van der Waals surface area contributed by atoms with E-state index in [1.54, 1.807) is 6.07 Å². The van der Waals surface area contributed by atoms with Crippen LogP contribution in [0.5, 0.6) is 17.2 Å². The smallest absolute Gasteiger partial charge is 0.871 e. The van der Waals surface area contributed by atoms with Gasteiger partial charge in [0, 0.05) is 0 Å². The van der Waals surface area contributed by atoms with Gasteiger partial charge in [-0.15, -0.1) is 0 Å². The van der Waals surface area contributed by atoms with Crippen LogP contribution in [-0.2, 0) is 16.5 Å². The van der Waals surface area contributed by atoms with E-state index in [1.165, 1.54) is 63.5 Å². The van der Waals surface area contributed by atoms with Crippen molar-refractivity contribution < 1.29 is 74.2 Å². The molecule has 30 heavy (non-hydrogen) atoms. The van der Waals surface area contributed by atoms with Crippen molar-refractivity contribution in [2.24, 2.45) is 0 Å². The maximum atomic E-state index is 11.8. The van der Waals surface area contributed by atoms with Gasteiger partial charge in [-0.3, -0.25) is 4.55 Å². The number of aryl methyl sites for hydroxylation is 1. The average molecular weight is 459 g/mol. The third-order valence-electron chi connectivity index (χ3n) is 4.90. The fraction of sp³-hybridized carbons (Fsp3) is 0.478. The second kappa shape index (κ2) is 14.6. The molecule has 0 heterocycles. The Labute approximate surface area is 223 Å². The third-order valence-corrected chi connectivity index (χ3v) is 5.81. The van der Waals surface area contributed by atoms with Crippen LogP contribution in [0.2, 0.25) is 0 Å². The number of hydrogen-bond acceptors (Lipinski definition) is 4. The summed E-state index contributed by atoms with van der Waals surface area (Å²) in [6.45, 7) is 2.23. The maximum absolute atomic E-state index is 11.8. The number of rotatable bonds is 13. The quantitative estimate of drug-likeness (QED) is 0.283. The first-order valence-corrected chi connectivity index (χ1v) is 11.9. The Hall–Kier alpha value is -0.414. The minimum atomic E-state index is -4.66. The molecule has 160 valence electrons. The SMILES string of the molecule is CCCCCCCCCCCc1cccc(Oc2cccc([O-])c2S(=O)(=O)O)c1.[K+]. The Morgan fingerprint density at radius 3 is 2.13 bits per heavy atom. The molecule has 0 aliphatic rings. The van der Waals surface area contributed by atoms with Gasteiger partial charge in [0.25, 0.3) is 10.1 Å². The van der Waals surface area contributed by atoms with Gasteiger partial charge in [-0.1, -0.05) is 88.3 Å². The molecule has 2 aromatic carbocycles. The first-order chi connectivity index (χ1) is 13.9. The van der Waals surface area contributed by atoms with Gasteiger partial charge in [-0.2, -0.15) is 8.42 Å². The van der Waals surface area contributed by atoms with E-state index in [4.69, 9.17) is 4.74 Å². The van der Waals surface area contributed by atoms with Crippen LogP contribution in [0.1, 0.15) is 70.3 Å². The summed E-state index contributed by atoms with van der Waals surface area (Å²) in [7, 11) is -4.66. The van der Waals surface area contributed by atoms with E-state index < -0.39 is 20.8 Å². The molecular formula is C23H31KO5S. The summed E-state index contributed by atoms with van der Waals surface area (Å²) in [6, 6.07) is 11.2. The first-order valence-electron chi connectivity index (χ1n) is 10.5. The molecule has 0 bridgehead atoms. The molecule has 7 heteroatoms. The second-order valence-corrected chi connectivity index (χ2v) is 8.74. The zero-order chi connectivity index (χ0) is 21.1. The molecule has 0 spiro atoms. The van der Waals surface area contributed by atoms with Crippen LogP contribution in [0.4, 0.5) is 0 Å². The van der Waals surface area contributed by atoms with E-state index in [9.17, 15) is 18.1 Å². The molecule has 0 saturated heterocycles. The molecule has 0 radical (unpaired) electrons. The molecule has 0 saturated carbocycles. The zero-order valence-corrected chi connectivity index (χ0v) is 22.0. The van der Waals surface area contributed by atoms with Gasteiger partial charge in [-0.05, 0) is 36.6 Å². The molecule has 0 aromatic heterocycles. The molecule has 0 atom stereocenters. The van der Waals surface area contributed by atoms with Crippen LogP contribution in [-0.4, -0.2) is 13.0 Å². The monoisotopic (exact) mass is 458 g/mol. The van der Waals surface area contributed by atoms with Crippen molar-refractivity contribution >= 4 is 10.1 Å². The summed E-state index contributed by atoms with van der Waals surface area (Å²) in [4.78, 5) is -0.732. The van der Waals surface area contributed by atoms with E-state index in [1.807, 2.05) is 18.2 Å². The predicted molar refractivity (Wildman–Crippen MR) is 113 cm³/mol. The molecule has 5 nitrogen and oxygen atoms in total. The van der Waals surface area contributed by atoms with E-state index in [2.05, 4.69) is 6.92 Å². The van der Waals surface area contributed by atoms with Crippen molar-refractivity contribution in [3.63, 3.8) is 0 Å². The number of unbranched alkanes of at least 4 members (excludes halogenated alkanes) is 8. The van der Waals surface area contributed by atoms with Crippen LogP contribution in [0, 0.1) is 0 Å². The fourth-order valence-electron chi connectivity index (χ4n) is 3.36. The van der Waals surface area contributed by atoms with Gasteiger partial charge < -0.3 is 9.84 Å². The van der Waals surface area contributed by atoms with Crippen molar-refractivity contribution in [1.29, 1.82) is 0 Å². The van der Waals surface area contributed by atoms with Crippen molar-refractivity contribution in [2.45, 2.75) is 76.0 Å². The van der Waals surface area contributed by atoms with Crippen LogP contribution < -0.4 is 61.2 Å². The summed E-state index contributed by atoms with van der Waals surface area (Å²) >= 11 is 0. The fourth-order valence-corrected chi connectivity index (χ4v) is 4.05. The Morgan fingerprint density at radius 2 is 1.50 bits per heavy atom. The van der Waals surface area contributed by atoms with Crippen molar-refractivity contribution in [2.75, 3.05) is 0 Å². The van der Waals surface area contributed by atoms with Gasteiger partial charge in [0.15, 0.2) is 0 Å². The number of benzene rings is 2. The van der Waals surface area contributed by atoms with Crippen LogP contribution in [0.15, 0.2) is 47.4 Å². The largest absolute Gasteiger partial charge is 1.00 e. The normalized spacial score (nSPS) is 11.1. The van der Waals surface area contributed by atoms with Crippen molar-refractivity contribution in [1.82, 2.24) is 0 Å². The van der Waals surface area contributed by atoms with E-state index in [0.717, 1.165) is 24.5 Å². The van der Waals surface area contributed by atoms with E-state index in [-0.39, 0.29) is 57.1 Å². The number of hydrogen-bond donors (Lipinski definition) is 1. The van der Waals surface area contributed by atoms with Crippen LogP contribution >= 0.6 is 0 Å². The third kappa shape index (κ3) is 9.81. The topological polar surface area (TPSA) is 86.7 Å². The van der Waals surface area contributed by atoms with Gasteiger partial charge in [-0.25, -0.2) is 0 Å². The molecule has 0 fully saturated rings.